The minimum atomic E-state index is -0.654. The predicted molar refractivity (Wildman–Crippen MR) is 93.0 cm³/mol. The fourth-order valence-corrected chi connectivity index (χ4v) is 3.31. The summed E-state index contributed by atoms with van der Waals surface area (Å²) < 4.78 is 16.7. The molecule has 138 valence electrons. The number of aliphatic hydroxyl groups excluding tert-OH is 1. The van der Waals surface area contributed by atoms with Crippen LogP contribution < -0.4 is 9.47 Å². The van der Waals surface area contributed by atoms with E-state index in [0.717, 1.165) is 0 Å². The van der Waals surface area contributed by atoms with E-state index in [9.17, 15) is 9.90 Å². The number of amides is 1. The molecule has 7 heteroatoms. The molecule has 0 spiro atoms. The van der Waals surface area contributed by atoms with Crippen molar-refractivity contribution in [3.63, 3.8) is 0 Å². The summed E-state index contributed by atoms with van der Waals surface area (Å²) in [5.74, 6) is 1.80. The molecular formula is C19H22N2O5. The maximum atomic E-state index is 12.7. The highest BCUT2D eigenvalue weighted by Crippen LogP contribution is 2.31. The third-order valence-corrected chi connectivity index (χ3v) is 4.77. The molecule has 0 bridgehead atoms. The zero-order valence-corrected chi connectivity index (χ0v) is 14.4. The highest BCUT2D eigenvalue weighted by atomic mass is 16.6. The van der Waals surface area contributed by atoms with E-state index in [2.05, 4.69) is 4.90 Å². The van der Waals surface area contributed by atoms with Crippen LogP contribution in [0.1, 0.15) is 11.9 Å². The van der Waals surface area contributed by atoms with Gasteiger partial charge in [-0.25, -0.2) is 0 Å². The van der Waals surface area contributed by atoms with Gasteiger partial charge in [-0.3, -0.25) is 9.69 Å². The third kappa shape index (κ3) is 3.54. The first kappa shape index (κ1) is 16.9. The number of ether oxygens (including phenoxy) is 2. The maximum Gasteiger partial charge on any atom is 0.267 e. The Balaban J connectivity index is 1.29. The molecule has 3 heterocycles. The summed E-state index contributed by atoms with van der Waals surface area (Å²) in [4.78, 5) is 16.6. The van der Waals surface area contributed by atoms with Gasteiger partial charge < -0.3 is 23.9 Å². The van der Waals surface area contributed by atoms with Crippen molar-refractivity contribution in [2.24, 2.45) is 0 Å². The first-order valence-electron chi connectivity index (χ1n) is 8.82. The average molecular weight is 358 g/mol. The topological polar surface area (TPSA) is 75.4 Å². The van der Waals surface area contributed by atoms with E-state index in [-0.39, 0.29) is 12.5 Å². The van der Waals surface area contributed by atoms with Gasteiger partial charge in [-0.1, -0.05) is 12.1 Å². The molecule has 0 radical (unpaired) electrons. The van der Waals surface area contributed by atoms with E-state index in [1.165, 1.54) is 0 Å². The van der Waals surface area contributed by atoms with E-state index in [4.69, 9.17) is 13.9 Å². The summed E-state index contributed by atoms with van der Waals surface area (Å²) in [5, 5.41) is 10.2. The van der Waals surface area contributed by atoms with Gasteiger partial charge in [0.2, 0.25) is 6.10 Å². The molecule has 2 unspecified atom stereocenters. The van der Waals surface area contributed by atoms with E-state index >= 15 is 0 Å². The quantitative estimate of drug-likeness (QED) is 0.888. The molecule has 1 saturated heterocycles. The van der Waals surface area contributed by atoms with E-state index < -0.39 is 12.2 Å². The van der Waals surface area contributed by atoms with Crippen molar-refractivity contribution in [3.05, 3.63) is 48.4 Å². The van der Waals surface area contributed by atoms with Crippen molar-refractivity contribution in [1.82, 2.24) is 9.80 Å². The number of hydrogen-bond donors (Lipinski definition) is 1. The van der Waals surface area contributed by atoms with Crippen LogP contribution in [-0.4, -0.2) is 66.2 Å². The summed E-state index contributed by atoms with van der Waals surface area (Å²) in [6.45, 7) is 3.33. The summed E-state index contributed by atoms with van der Waals surface area (Å²) in [6, 6.07) is 10.9. The number of piperazine rings is 1. The number of benzene rings is 1. The van der Waals surface area contributed by atoms with Gasteiger partial charge in [-0.2, -0.15) is 0 Å². The van der Waals surface area contributed by atoms with Crippen molar-refractivity contribution in [3.8, 4) is 11.5 Å². The second-order valence-corrected chi connectivity index (χ2v) is 6.52. The molecule has 2 aromatic rings. The van der Waals surface area contributed by atoms with Crippen LogP contribution in [0.3, 0.4) is 0 Å². The molecule has 0 saturated carbocycles. The molecule has 7 nitrogen and oxygen atoms in total. The Kier molecular flexibility index (Phi) is 4.81. The van der Waals surface area contributed by atoms with Crippen LogP contribution in [0.4, 0.5) is 0 Å². The highest BCUT2D eigenvalue weighted by Gasteiger charge is 2.33. The van der Waals surface area contributed by atoms with Gasteiger partial charge in [-0.05, 0) is 24.3 Å². The van der Waals surface area contributed by atoms with Crippen molar-refractivity contribution in [2.45, 2.75) is 12.2 Å². The summed E-state index contributed by atoms with van der Waals surface area (Å²) in [5.41, 5.74) is 0. The van der Waals surface area contributed by atoms with Crippen LogP contribution >= 0.6 is 0 Å². The molecule has 1 aromatic carbocycles. The molecular weight excluding hydrogens is 336 g/mol. The zero-order chi connectivity index (χ0) is 17.9. The van der Waals surface area contributed by atoms with Crippen molar-refractivity contribution >= 4 is 5.91 Å². The van der Waals surface area contributed by atoms with Gasteiger partial charge in [0, 0.05) is 32.7 Å². The lowest BCUT2D eigenvalue weighted by Gasteiger charge is -2.37. The predicted octanol–water partition coefficient (Wildman–Crippen LogP) is 1.30. The van der Waals surface area contributed by atoms with Crippen LogP contribution in [0.25, 0.3) is 0 Å². The molecule has 2 aliphatic rings. The van der Waals surface area contributed by atoms with E-state index in [0.29, 0.717) is 50.0 Å². The molecule has 26 heavy (non-hydrogen) atoms. The van der Waals surface area contributed by atoms with Crippen molar-refractivity contribution in [1.29, 1.82) is 0 Å². The Morgan fingerprint density at radius 3 is 2.62 bits per heavy atom. The van der Waals surface area contributed by atoms with E-state index in [1.807, 2.05) is 24.3 Å². The normalized spacial score (nSPS) is 21.4. The smallest absolute Gasteiger partial charge is 0.267 e. The standard InChI is InChI=1S/C19H22N2O5/c22-14(15-6-3-11-24-15)12-20-7-9-21(10-8-20)19(23)18-13-25-16-4-1-2-5-17(16)26-18/h1-6,11,14,18,22H,7-10,12-13H2. The Morgan fingerprint density at radius 1 is 1.12 bits per heavy atom. The Hall–Kier alpha value is -2.51. The van der Waals surface area contributed by atoms with Gasteiger partial charge in [0.25, 0.3) is 5.91 Å². The molecule has 2 aliphatic heterocycles. The highest BCUT2D eigenvalue weighted by molar-refractivity contribution is 5.82. The maximum absolute atomic E-state index is 12.7. The molecule has 1 aromatic heterocycles. The number of carbonyl (C=O) groups is 1. The molecule has 1 N–H and O–H groups in total. The summed E-state index contributed by atoms with van der Waals surface area (Å²) in [7, 11) is 0. The Bertz CT molecular complexity index is 740. The number of carbonyl (C=O) groups excluding carboxylic acids is 1. The fraction of sp³-hybridized carbons (Fsp3) is 0.421. The van der Waals surface area contributed by atoms with Crippen molar-refractivity contribution in [2.75, 3.05) is 39.3 Å². The van der Waals surface area contributed by atoms with Crippen LogP contribution in [0.2, 0.25) is 0 Å². The number of aliphatic hydroxyl groups is 1. The van der Waals surface area contributed by atoms with Gasteiger partial charge in [-0.15, -0.1) is 0 Å². The van der Waals surface area contributed by atoms with Gasteiger partial charge in [0.1, 0.15) is 18.5 Å². The SMILES string of the molecule is O=C(C1COc2ccccc2O1)N1CCN(CC(O)c2ccco2)CC1. The lowest BCUT2D eigenvalue weighted by molar-refractivity contribution is -0.143. The molecule has 1 amide bonds. The minimum absolute atomic E-state index is 0.0502. The zero-order valence-electron chi connectivity index (χ0n) is 14.4. The van der Waals surface area contributed by atoms with E-state index in [1.54, 1.807) is 23.3 Å². The second-order valence-electron chi connectivity index (χ2n) is 6.52. The molecule has 0 aliphatic carbocycles. The second kappa shape index (κ2) is 7.39. The number of rotatable bonds is 4. The average Bonchev–Trinajstić information content (AvgIpc) is 3.23. The first-order chi connectivity index (χ1) is 12.7. The number of fused-ring (bicyclic) bond motifs is 1. The molecule has 2 atom stereocenters. The molecule has 4 rings (SSSR count). The minimum Gasteiger partial charge on any atom is -0.485 e. The number of furan rings is 1. The van der Waals surface area contributed by atoms with Gasteiger partial charge in [0.15, 0.2) is 11.5 Å². The lowest BCUT2D eigenvalue weighted by Crippen LogP contribution is -2.54. The van der Waals surface area contributed by atoms with Crippen molar-refractivity contribution < 1.29 is 23.8 Å². The molecule has 1 fully saturated rings. The van der Waals surface area contributed by atoms with Gasteiger partial charge in [0.05, 0.1) is 6.26 Å². The number of nitrogens with zero attached hydrogens (tertiary/aromatic N) is 2. The summed E-state index contributed by atoms with van der Waals surface area (Å²) in [6.07, 6.45) is 0.295. The van der Waals surface area contributed by atoms with Crippen LogP contribution in [0.5, 0.6) is 11.5 Å². The third-order valence-electron chi connectivity index (χ3n) is 4.77. The monoisotopic (exact) mass is 358 g/mol. The Labute approximate surface area is 151 Å². The number of para-hydroxylation sites is 2. The van der Waals surface area contributed by atoms with Crippen LogP contribution in [0, 0.1) is 0 Å². The number of hydrogen-bond acceptors (Lipinski definition) is 6. The largest absolute Gasteiger partial charge is 0.485 e. The Morgan fingerprint density at radius 2 is 1.88 bits per heavy atom. The van der Waals surface area contributed by atoms with Crippen LogP contribution in [0.15, 0.2) is 47.1 Å². The lowest BCUT2D eigenvalue weighted by atomic mass is 10.2. The number of β-amino-alcohol motifs (C(OH)–C–C–N with tert-alkyl or cyclic N) is 1. The van der Waals surface area contributed by atoms with Gasteiger partial charge >= 0.3 is 0 Å². The first-order valence-corrected chi connectivity index (χ1v) is 8.82. The summed E-state index contributed by atoms with van der Waals surface area (Å²) >= 11 is 0. The van der Waals surface area contributed by atoms with Crippen LogP contribution in [-0.2, 0) is 4.79 Å². The fourth-order valence-electron chi connectivity index (χ4n) is 3.31.